The Morgan fingerprint density at radius 3 is 2.39 bits per heavy atom. The zero-order valence-electron chi connectivity index (χ0n) is 11.8. The summed E-state index contributed by atoms with van der Waals surface area (Å²) in [4.78, 5) is 13.6. The van der Waals surface area contributed by atoms with Crippen molar-refractivity contribution in [1.29, 1.82) is 0 Å². The minimum Gasteiger partial charge on any atom is -0.480 e. The Labute approximate surface area is 113 Å². The van der Waals surface area contributed by atoms with Crippen molar-refractivity contribution in [3.8, 4) is 0 Å². The van der Waals surface area contributed by atoms with Crippen molar-refractivity contribution in [2.45, 2.75) is 52.6 Å². The Bertz CT molecular complexity index is 404. The normalized spacial score (nSPS) is 13.9. The van der Waals surface area contributed by atoms with Crippen molar-refractivity contribution >= 4 is 17.3 Å². The molecular formula is C14H23NO2S. The molecule has 0 fully saturated rings. The van der Waals surface area contributed by atoms with Gasteiger partial charge in [-0.2, -0.15) is 0 Å². The van der Waals surface area contributed by atoms with Crippen LogP contribution in [0.25, 0.3) is 0 Å². The molecule has 1 atom stereocenters. The van der Waals surface area contributed by atoms with Crippen molar-refractivity contribution in [2.75, 3.05) is 0 Å². The number of thiophene rings is 1. The first-order chi connectivity index (χ1) is 8.21. The third kappa shape index (κ3) is 4.10. The lowest BCUT2D eigenvalue weighted by atomic mass is 9.95. The number of nitrogens with one attached hydrogen (secondary N) is 1. The van der Waals surface area contributed by atoms with Crippen molar-refractivity contribution in [3.63, 3.8) is 0 Å². The smallest absolute Gasteiger partial charge is 0.320 e. The highest BCUT2D eigenvalue weighted by Gasteiger charge is 2.21. The number of hydrogen-bond donors (Lipinski definition) is 2. The van der Waals surface area contributed by atoms with Gasteiger partial charge in [-0.3, -0.25) is 10.1 Å². The Kier molecular flexibility index (Phi) is 4.93. The number of carbonyl (C=O) groups is 1. The molecule has 3 nitrogen and oxygen atoms in total. The van der Waals surface area contributed by atoms with Gasteiger partial charge in [0.05, 0.1) is 0 Å². The maximum Gasteiger partial charge on any atom is 0.320 e. The van der Waals surface area contributed by atoms with Crippen molar-refractivity contribution in [1.82, 2.24) is 5.32 Å². The zero-order chi connectivity index (χ0) is 13.9. The first kappa shape index (κ1) is 15.2. The van der Waals surface area contributed by atoms with E-state index < -0.39 is 12.0 Å². The summed E-state index contributed by atoms with van der Waals surface area (Å²) in [5.41, 5.74) is 0.160. The predicted octanol–water partition coefficient (Wildman–Crippen LogP) is 3.24. The molecule has 102 valence electrons. The van der Waals surface area contributed by atoms with Crippen LogP contribution in [0.1, 0.15) is 44.4 Å². The Balaban J connectivity index is 2.63. The van der Waals surface area contributed by atoms with E-state index in [0.717, 1.165) is 0 Å². The number of hydrogen-bond acceptors (Lipinski definition) is 3. The average molecular weight is 269 g/mol. The summed E-state index contributed by atoms with van der Waals surface area (Å²) in [6.45, 7) is 11.0. The van der Waals surface area contributed by atoms with Crippen LogP contribution in [-0.2, 0) is 16.8 Å². The predicted molar refractivity (Wildman–Crippen MR) is 76.1 cm³/mol. The van der Waals surface area contributed by atoms with Crippen LogP contribution < -0.4 is 5.32 Å². The summed E-state index contributed by atoms with van der Waals surface area (Å²) in [6.07, 6.45) is 0. The molecule has 1 rings (SSSR count). The summed E-state index contributed by atoms with van der Waals surface area (Å²) in [5.74, 6) is -0.692. The second-order valence-electron chi connectivity index (χ2n) is 5.96. The Morgan fingerprint density at radius 2 is 2.00 bits per heavy atom. The van der Waals surface area contributed by atoms with Gasteiger partial charge in [0.1, 0.15) is 6.04 Å². The monoisotopic (exact) mass is 269 g/mol. The van der Waals surface area contributed by atoms with Gasteiger partial charge in [0.15, 0.2) is 0 Å². The third-order valence-electron chi connectivity index (χ3n) is 2.83. The fraction of sp³-hybridized carbons (Fsp3) is 0.643. The lowest BCUT2D eigenvalue weighted by Gasteiger charge is -2.17. The number of rotatable bonds is 5. The maximum atomic E-state index is 11.1. The third-order valence-corrected chi connectivity index (χ3v) is 4.34. The molecule has 0 aromatic carbocycles. The average Bonchev–Trinajstić information content (AvgIpc) is 2.64. The molecule has 0 spiro atoms. The Morgan fingerprint density at radius 1 is 1.39 bits per heavy atom. The maximum absolute atomic E-state index is 11.1. The molecule has 0 saturated heterocycles. The van der Waals surface area contributed by atoms with E-state index in [-0.39, 0.29) is 11.3 Å². The standard InChI is InChI=1S/C14H23NO2S/c1-9(2)12(13(16)17)15-8-10-6-7-11(18-10)14(3,4)5/h6-7,9,12,15H,8H2,1-5H3,(H,16,17)/t12-/m1/s1. The second kappa shape index (κ2) is 5.85. The van der Waals surface area contributed by atoms with Gasteiger partial charge in [-0.25, -0.2) is 0 Å². The molecule has 2 N–H and O–H groups in total. The van der Waals surface area contributed by atoms with Gasteiger partial charge in [0.25, 0.3) is 0 Å². The van der Waals surface area contributed by atoms with Crippen molar-refractivity contribution < 1.29 is 9.90 Å². The van der Waals surface area contributed by atoms with Crippen molar-refractivity contribution in [3.05, 3.63) is 21.9 Å². The Hall–Kier alpha value is -0.870. The number of aliphatic carboxylic acids is 1. The van der Waals surface area contributed by atoms with E-state index >= 15 is 0 Å². The highest BCUT2D eigenvalue weighted by molar-refractivity contribution is 7.12. The topological polar surface area (TPSA) is 49.3 Å². The quantitative estimate of drug-likeness (QED) is 0.862. The first-order valence-corrected chi connectivity index (χ1v) is 7.09. The van der Waals surface area contributed by atoms with Gasteiger partial charge in [-0.1, -0.05) is 34.6 Å². The molecule has 0 bridgehead atoms. The molecule has 1 aromatic heterocycles. The number of carboxylic acid groups (broad SMARTS) is 1. The van der Waals surface area contributed by atoms with Crippen LogP contribution >= 0.6 is 11.3 Å². The summed E-state index contributed by atoms with van der Waals surface area (Å²) < 4.78 is 0. The van der Waals surface area contributed by atoms with E-state index in [1.165, 1.54) is 9.75 Å². The van der Waals surface area contributed by atoms with Crippen LogP contribution in [0.2, 0.25) is 0 Å². The number of carboxylic acids is 1. The second-order valence-corrected chi connectivity index (χ2v) is 7.13. The van der Waals surface area contributed by atoms with Gasteiger partial charge >= 0.3 is 5.97 Å². The van der Waals surface area contributed by atoms with Crippen molar-refractivity contribution in [2.24, 2.45) is 5.92 Å². The van der Waals surface area contributed by atoms with Gasteiger partial charge in [0.2, 0.25) is 0 Å². The van der Waals surface area contributed by atoms with E-state index in [1.54, 1.807) is 11.3 Å². The van der Waals surface area contributed by atoms with E-state index in [0.29, 0.717) is 6.54 Å². The minimum atomic E-state index is -0.780. The van der Waals surface area contributed by atoms with Gasteiger partial charge < -0.3 is 5.11 Å². The van der Waals surface area contributed by atoms with Crippen LogP contribution in [0, 0.1) is 5.92 Å². The highest BCUT2D eigenvalue weighted by Crippen LogP contribution is 2.29. The van der Waals surface area contributed by atoms with E-state index in [2.05, 4.69) is 38.2 Å². The molecular weight excluding hydrogens is 246 g/mol. The van der Waals surface area contributed by atoms with Crippen LogP contribution in [0.5, 0.6) is 0 Å². The molecule has 18 heavy (non-hydrogen) atoms. The van der Waals surface area contributed by atoms with Gasteiger partial charge in [-0.15, -0.1) is 11.3 Å². The van der Waals surface area contributed by atoms with Crippen LogP contribution in [0.15, 0.2) is 12.1 Å². The lowest BCUT2D eigenvalue weighted by molar-refractivity contribution is -0.140. The molecule has 0 radical (unpaired) electrons. The largest absolute Gasteiger partial charge is 0.480 e. The fourth-order valence-electron chi connectivity index (χ4n) is 1.69. The minimum absolute atomic E-state index is 0.0875. The summed E-state index contributed by atoms with van der Waals surface area (Å²) >= 11 is 1.75. The van der Waals surface area contributed by atoms with Gasteiger partial charge in [-0.05, 0) is 23.5 Å². The summed E-state index contributed by atoms with van der Waals surface area (Å²) in [7, 11) is 0. The molecule has 0 aliphatic heterocycles. The molecule has 0 unspecified atom stereocenters. The molecule has 1 heterocycles. The van der Waals surface area contributed by atoms with E-state index in [4.69, 9.17) is 5.11 Å². The fourth-order valence-corrected chi connectivity index (χ4v) is 2.71. The lowest BCUT2D eigenvalue weighted by Crippen LogP contribution is -2.40. The molecule has 4 heteroatoms. The molecule has 0 saturated carbocycles. The van der Waals surface area contributed by atoms with Crippen LogP contribution in [0.4, 0.5) is 0 Å². The molecule has 0 aliphatic carbocycles. The molecule has 1 aromatic rings. The summed E-state index contributed by atoms with van der Waals surface area (Å²) in [5, 5.41) is 12.2. The van der Waals surface area contributed by atoms with E-state index in [1.807, 2.05) is 13.8 Å². The molecule has 0 aliphatic rings. The van der Waals surface area contributed by atoms with Gasteiger partial charge in [0, 0.05) is 16.3 Å². The zero-order valence-corrected chi connectivity index (χ0v) is 12.6. The van der Waals surface area contributed by atoms with E-state index in [9.17, 15) is 4.79 Å². The summed E-state index contributed by atoms with van der Waals surface area (Å²) in [6, 6.07) is 3.73. The highest BCUT2D eigenvalue weighted by atomic mass is 32.1. The van der Waals surface area contributed by atoms with Crippen LogP contribution in [0.3, 0.4) is 0 Å². The first-order valence-electron chi connectivity index (χ1n) is 6.27. The van der Waals surface area contributed by atoms with Crippen LogP contribution in [-0.4, -0.2) is 17.1 Å². The molecule has 0 amide bonds. The SMILES string of the molecule is CC(C)[C@@H](NCc1ccc(C(C)(C)C)s1)C(=O)O.